The molecular weight excluding hydrogens is 238 g/mol. The second-order valence-corrected chi connectivity index (χ2v) is 6.15. The van der Waals surface area contributed by atoms with Gasteiger partial charge in [0.25, 0.3) is 0 Å². The molecule has 0 aromatic carbocycles. The van der Waals surface area contributed by atoms with E-state index in [4.69, 9.17) is 5.73 Å². The number of likely N-dealkylation sites (tertiary alicyclic amines) is 1. The van der Waals surface area contributed by atoms with Crippen molar-refractivity contribution in [3.63, 3.8) is 0 Å². The predicted octanol–water partition coefficient (Wildman–Crippen LogP) is 0.588. The van der Waals surface area contributed by atoms with Gasteiger partial charge in [-0.05, 0) is 32.9 Å². The summed E-state index contributed by atoms with van der Waals surface area (Å²) < 4.78 is 1.83. The van der Waals surface area contributed by atoms with Crippen molar-refractivity contribution in [2.75, 3.05) is 26.7 Å². The molecule has 2 N–H and O–H groups in total. The highest BCUT2D eigenvalue weighted by Crippen LogP contribution is 2.28. The lowest BCUT2D eigenvalue weighted by Crippen LogP contribution is -2.39. The summed E-state index contributed by atoms with van der Waals surface area (Å²) in [6.45, 7) is 3.29. The van der Waals surface area contributed by atoms with Crippen LogP contribution in [0, 0.1) is 0 Å². The fraction of sp³-hybridized carbons (Fsp3) is 0.786. The van der Waals surface area contributed by atoms with E-state index in [1.165, 1.54) is 32.4 Å². The number of fused-ring (bicyclic) bond motifs is 2. The summed E-state index contributed by atoms with van der Waals surface area (Å²) in [6, 6.07) is 1.61. The van der Waals surface area contributed by atoms with Crippen molar-refractivity contribution in [1.82, 2.24) is 19.6 Å². The SMILES string of the molecule is CN1C2CCC1CN(CC(N)c1cnn(C)c1)CC2. The first kappa shape index (κ1) is 13.1. The molecule has 2 saturated heterocycles. The maximum Gasteiger partial charge on any atom is 0.0537 e. The molecule has 2 fully saturated rings. The maximum atomic E-state index is 6.31. The Morgan fingerprint density at radius 2 is 2.11 bits per heavy atom. The Morgan fingerprint density at radius 1 is 1.32 bits per heavy atom. The maximum absolute atomic E-state index is 6.31. The van der Waals surface area contributed by atoms with Gasteiger partial charge in [0, 0.05) is 50.0 Å². The molecule has 3 atom stereocenters. The molecule has 0 aliphatic carbocycles. The smallest absolute Gasteiger partial charge is 0.0537 e. The van der Waals surface area contributed by atoms with Crippen molar-refractivity contribution in [3.8, 4) is 0 Å². The van der Waals surface area contributed by atoms with Crippen molar-refractivity contribution in [3.05, 3.63) is 18.0 Å². The highest BCUT2D eigenvalue weighted by molar-refractivity contribution is 5.10. The largest absolute Gasteiger partial charge is 0.323 e. The molecule has 19 heavy (non-hydrogen) atoms. The molecule has 5 nitrogen and oxygen atoms in total. The summed E-state index contributed by atoms with van der Waals surface area (Å²) in [5.41, 5.74) is 7.46. The molecule has 1 aromatic rings. The fourth-order valence-electron chi connectivity index (χ4n) is 3.56. The van der Waals surface area contributed by atoms with Gasteiger partial charge in [0.05, 0.1) is 6.20 Å². The van der Waals surface area contributed by atoms with Gasteiger partial charge in [-0.3, -0.25) is 14.5 Å². The Labute approximate surface area is 115 Å². The molecule has 106 valence electrons. The van der Waals surface area contributed by atoms with Gasteiger partial charge in [-0.2, -0.15) is 5.10 Å². The van der Waals surface area contributed by atoms with Crippen LogP contribution < -0.4 is 5.73 Å². The van der Waals surface area contributed by atoms with Crippen molar-refractivity contribution < 1.29 is 0 Å². The van der Waals surface area contributed by atoms with Crippen LogP contribution in [0.5, 0.6) is 0 Å². The van der Waals surface area contributed by atoms with E-state index in [1.807, 2.05) is 24.1 Å². The van der Waals surface area contributed by atoms with Crippen LogP contribution in [-0.4, -0.2) is 58.3 Å². The van der Waals surface area contributed by atoms with Crippen molar-refractivity contribution in [2.45, 2.75) is 37.4 Å². The van der Waals surface area contributed by atoms with Crippen molar-refractivity contribution >= 4 is 0 Å². The Morgan fingerprint density at radius 3 is 2.84 bits per heavy atom. The predicted molar refractivity (Wildman–Crippen MR) is 75.8 cm³/mol. The lowest BCUT2D eigenvalue weighted by Gasteiger charge is -2.27. The third-order valence-corrected chi connectivity index (χ3v) is 4.84. The summed E-state index contributed by atoms with van der Waals surface area (Å²) >= 11 is 0. The molecule has 2 aliphatic rings. The van der Waals surface area contributed by atoms with E-state index >= 15 is 0 Å². The highest BCUT2D eigenvalue weighted by Gasteiger charge is 2.34. The van der Waals surface area contributed by atoms with Crippen LogP contribution in [0.15, 0.2) is 12.4 Å². The Bertz CT molecular complexity index is 429. The Hall–Kier alpha value is -0.910. The molecular formula is C14H25N5. The van der Waals surface area contributed by atoms with Crippen LogP contribution in [0.4, 0.5) is 0 Å². The van der Waals surface area contributed by atoms with Gasteiger partial charge in [-0.25, -0.2) is 0 Å². The van der Waals surface area contributed by atoms with Gasteiger partial charge < -0.3 is 5.73 Å². The molecule has 3 unspecified atom stereocenters. The third-order valence-electron chi connectivity index (χ3n) is 4.84. The van der Waals surface area contributed by atoms with Crippen LogP contribution in [0.25, 0.3) is 0 Å². The molecule has 0 radical (unpaired) electrons. The van der Waals surface area contributed by atoms with Crippen LogP contribution in [0.2, 0.25) is 0 Å². The highest BCUT2D eigenvalue weighted by atomic mass is 15.3. The minimum Gasteiger partial charge on any atom is -0.323 e. The number of aryl methyl sites for hydroxylation is 1. The number of rotatable bonds is 3. The first-order chi connectivity index (χ1) is 9.13. The summed E-state index contributed by atoms with van der Waals surface area (Å²) in [4.78, 5) is 5.12. The van der Waals surface area contributed by atoms with Gasteiger partial charge in [0.2, 0.25) is 0 Å². The number of hydrogen-bond acceptors (Lipinski definition) is 4. The van der Waals surface area contributed by atoms with Crippen LogP contribution in [0.1, 0.15) is 30.9 Å². The molecule has 2 bridgehead atoms. The molecule has 1 aromatic heterocycles. The van der Waals surface area contributed by atoms with E-state index in [-0.39, 0.29) is 6.04 Å². The summed E-state index contributed by atoms with van der Waals surface area (Å²) in [5.74, 6) is 0. The Kier molecular flexibility index (Phi) is 3.60. The number of likely N-dealkylation sites (N-methyl/N-ethyl adjacent to an activating group) is 1. The zero-order valence-corrected chi connectivity index (χ0v) is 12.0. The molecule has 0 saturated carbocycles. The van der Waals surface area contributed by atoms with E-state index in [9.17, 15) is 0 Å². The van der Waals surface area contributed by atoms with Crippen LogP contribution >= 0.6 is 0 Å². The molecule has 5 heteroatoms. The van der Waals surface area contributed by atoms with Crippen molar-refractivity contribution in [2.24, 2.45) is 12.8 Å². The van der Waals surface area contributed by atoms with Gasteiger partial charge in [-0.1, -0.05) is 0 Å². The average molecular weight is 263 g/mol. The summed E-state index contributed by atoms with van der Waals surface area (Å²) in [6.07, 6.45) is 7.93. The zero-order valence-electron chi connectivity index (χ0n) is 12.0. The second kappa shape index (κ2) is 5.23. The number of nitrogens with two attached hydrogens (primary N) is 1. The van der Waals surface area contributed by atoms with Crippen LogP contribution in [-0.2, 0) is 7.05 Å². The molecule has 3 rings (SSSR count). The average Bonchev–Trinajstić information content (AvgIpc) is 2.88. The van der Waals surface area contributed by atoms with Gasteiger partial charge >= 0.3 is 0 Å². The first-order valence-corrected chi connectivity index (χ1v) is 7.32. The van der Waals surface area contributed by atoms with E-state index < -0.39 is 0 Å². The number of hydrogen-bond donors (Lipinski definition) is 1. The molecule has 0 amide bonds. The lowest BCUT2D eigenvalue weighted by atomic mass is 10.1. The lowest BCUT2D eigenvalue weighted by molar-refractivity contribution is 0.212. The quantitative estimate of drug-likeness (QED) is 0.867. The fourth-order valence-corrected chi connectivity index (χ4v) is 3.56. The van der Waals surface area contributed by atoms with Crippen LogP contribution in [0.3, 0.4) is 0 Å². The van der Waals surface area contributed by atoms with E-state index in [1.54, 1.807) is 0 Å². The van der Waals surface area contributed by atoms with Gasteiger partial charge in [0.15, 0.2) is 0 Å². The molecule has 0 spiro atoms. The molecule has 2 aliphatic heterocycles. The third kappa shape index (κ3) is 2.68. The Balaban J connectivity index is 1.61. The molecule has 3 heterocycles. The summed E-state index contributed by atoms with van der Waals surface area (Å²) in [5, 5.41) is 4.21. The standard InChI is InChI=1S/C14H25N5/c1-17-8-11(7-16-17)14(15)10-19-6-5-12-3-4-13(9-19)18(12)2/h7-8,12-14H,3-6,9-10,15H2,1-2H3. The second-order valence-electron chi connectivity index (χ2n) is 6.15. The zero-order chi connectivity index (χ0) is 13.4. The summed E-state index contributed by atoms with van der Waals surface area (Å²) in [7, 11) is 4.23. The van der Waals surface area contributed by atoms with Gasteiger partial charge in [0.1, 0.15) is 0 Å². The minimum atomic E-state index is 0.0793. The number of aromatic nitrogens is 2. The van der Waals surface area contributed by atoms with E-state index in [0.717, 1.165) is 24.2 Å². The number of nitrogens with zero attached hydrogens (tertiary/aromatic N) is 4. The minimum absolute atomic E-state index is 0.0793. The van der Waals surface area contributed by atoms with E-state index in [2.05, 4.69) is 21.9 Å². The monoisotopic (exact) mass is 263 g/mol. The normalized spacial score (nSPS) is 30.5. The first-order valence-electron chi connectivity index (χ1n) is 7.32. The topological polar surface area (TPSA) is 50.3 Å². The van der Waals surface area contributed by atoms with Gasteiger partial charge in [-0.15, -0.1) is 0 Å². The van der Waals surface area contributed by atoms with E-state index in [0.29, 0.717) is 0 Å². The van der Waals surface area contributed by atoms with Crippen molar-refractivity contribution in [1.29, 1.82) is 0 Å².